The molecule has 0 saturated carbocycles. The zero-order valence-electron chi connectivity index (χ0n) is 14.7. The van der Waals surface area contributed by atoms with Crippen LogP contribution >= 0.6 is 0 Å². The summed E-state index contributed by atoms with van der Waals surface area (Å²) in [6.45, 7) is 0. The van der Waals surface area contributed by atoms with Gasteiger partial charge in [-0.05, 0) is 16.3 Å². The van der Waals surface area contributed by atoms with Gasteiger partial charge in [-0.25, -0.2) is 0 Å². The first kappa shape index (κ1) is 16.3. The molecule has 0 bridgehead atoms. The van der Waals surface area contributed by atoms with Crippen LogP contribution in [0.15, 0.2) is 59.7 Å². The lowest BCUT2D eigenvalue weighted by Gasteiger charge is -2.14. The van der Waals surface area contributed by atoms with Crippen LogP contribution in [-0.2, 0) is 0 Å². The minimum Gasteiger partial charge on any atom is -0.507 e. The molecule has 3 aromatic rings. The lowest BCUT2D eigenvalue weighted by Crippen LogP contribution is -2.10. The average Bonchev–Trinajstić information content (AvgIpc) is 3.16. The number of ether oxygens (including phenoxy) is 2. The smallest absolute Gasteiger partial charge is 0.135 e. The van der Waals surface area contributed by atoms with Crippen LogP contribution in [0.4, 0.5) is 0 Å². The summed E-state index contributed by atoms with van der Waals surface area (Å²) < 4.78 is 10.6. The van der Waals surface area contributed by atoms with E-state index in [0.29, 0.717) is 23.5 Å². The number of methoxy groups -OCH3 is 2. The summed E-state index contributed by atoms with van der Waals surface area (Å²) in [7, 11) is 3.13. The standard InChI is InChI=1S/C21H20N2O3/c1-25-14-10-19(24)21(20(11-14)26-2)18-12-17(22-23-18)16-9-5-7-13-6-3-4-8-15(13)16/h3-11,17,22,24H,12H2,1-2H3. The maximum Gasteiger partial charge on any atom is 0.135 e. The molecule has 0 fully saturated rings. The van der Waals surface area contributed by atoms with E-state index in [1.165, 1.54) is 16.3 Å². The Hall–Kier alpha value is -3.21. The number of nitrogens with one attached hydrogen (secondary N) is 1. The van der Waals surface area contributed by atoms with Crippen LogP contribution in [0.2, 0.25) is 0 Å². The van der Waals surface area contributed by atoms with Gasteiger partial charge in [-0.2, -0.15) is 5.10 Å². The van der Waals surface area contributed by atoms with E-state index in [-0.39, 0.29) is 11.8 Å². The molecule has 5 heteroatoms. The Morgan fingerprint density at radius 3 is 2.65 bits per heavy atom. The van der Waals surface area contributed by atoms with E-state index in [1.807, 2.05) is 12.1 Å². The number of phenols is 1. The molecule has 1 aliphatic heterocycles. The van der Waals surface area contributed by atoms with Crippen LogP contribution in [0.1, 0.15) is 23.6 Å². The van der Waals surface area contributed by atoms with Crippen molar-refractivity contribution in [3.8, 4) is 17.2 Å². The summed E-state index contributed by atoms with van der Waals surface area (Å²) in [5, 5.41) is 17.3. The Kier molecular flexibility index (Phi) is 4.13. The number of rotatable bonds is 4. The monoisotopic (exact) mass is 348 g/mol. The molecular weight excluding hydrogens is 328 g/mol. The van der Waals surface area contributed by atoms with Gasteiger partial charge in [0.2, 0.25) is 0 Å². The zero-order valence-corrected chi connectivity index (χ0v) is 14.7. The summed E-state index contributed by atoms with van der Waals surface area (Å²) in [5.74, 6) is 1.18. The third kappa shape index (κ3) is 2.71. The third-order valence-corrected chi connectivity index (χ3v) is 4.75. The van der Waals surface area contributed by atoms with Gasteiger partial charge < -0.3 is 20.0 Å². The fourth-order valence-corrected chi connectivity index (χ4v) is 3.48. The summed E-state index contributed by atoms with van der Waals surface area (Å²) in [6, 6.07) is 18.0. The van der Waals surface area contributed by atoms with Crippen molar-refractivity contribution in [2.24, 2.45) is 5.10 Å². The lowest BCUT2D eigenvalue weighted by molar-refractivity contribution is 0.384. The van der Waals surface area contributed by atoms with E-state index < -0.39 is 0 Å². The van der Waals surface area contributed by atoms with E-state index in [1.54, 1.807) is 26.4 Å². The molecule has 2 N–H and O–H groups in total. The predicted octanol–water partition coefficient (Wildman–Crippen LogP) is 4.00. The van der Waals surface area contributed by atoms with Gasteiger partial charge in [-0.1, -0.05) is 42.5 Å². The average molecular weight is 348 g/mol. The highest BCUT2D eigenvalue weighted by atomic mass is 16.5. The van der Waals surface area contributed by atoms with Crippen LogP contribution < -0.4 is 14.9 Å². The molecule has 5 nitrogen and oxygen atoms in total. The summed E-state index contributed by atoms with van der Waals surface area (Å²) in [5.41, 5.74) is 5.76. The minimum absolute atomic E-state index is 0.0438. The molecule has 132 valence electrons. The fourth-order valence-electron chi connectivity index (χ4n) is 3.48. The minimum atomic E-state index is 0.0438. The van der Waals surface area contributed by atoms with Gasteiger partial charge in [0.1, 0.15) is 17.2 Å². The first-order valence-corrected chi connectivity index (χ1v) is 8.46. The van der Waals surface area contributed by atoms with Crippen LogP contribution in [0, 0.1) is 0 Å². The molecule has 1 aliphatic rings. The van der Waals surface area contributed by atoms with E-state index in [9.17, 15) is 5.11 Å². The number of benzene rings is 3. The lowest BCUT2D eigenvalue weighted by atomic mass is 9.94. The van der Waals surface area contributed by atoms with E-state index in [4.69, 9.17) is 9.47 Å². The number of hydrogen-bond acceptors (Lipinski definition) is 5. The summed E-state index contributed by atoms with van der Waals surface area (Å²) >= 11 is 0. The van der Waals surface area contributed by atoms with Gasteiger partial charge in [-0.3, -0.25) is 0 Å². The second-order valence-corrected chi connectivity index (χ2v) is 6.24. The highest BCUT2D eigenvalue weighted by Gasteiger charge is 2.27. The Morgan fingerprint density at radius 2 is 1.85 bits per heavy atom. The molecule has 1 heterocycles. The second kappa shape index (κ2) is 6.59. The molecule has 0 saturated heterocycles. The van der Waals surface area contributed by atoms with Gasteiger partial charge in [0.05, 0.1) is 31.5 Å². The van der Waals surface area contributed by atoms with Gasteiger partial charge >= 0.3 is 0 Å². The number of aromatic hydroxyl groups is 1. The quantitative estimate of drug-likeness (QED) is 0.748. The Morgan fingerprint density at radius 1 is 1.04 bits per heavy atom. The molecule has 1 atom stereocenters. The van der Waals surface area contributed by atoms with Crippen molar-refractivity contribution >= 4 is 16.5 Å². The third-order valence-electron chi connectivity index (χ3n) is 4.75. The van der Waals surface area contributed by atoms with E-state index in [2.05, 4.69) is 40.9 Å². The molecule has 0 amide bonds. The fraction of sp³-hybridized carbons (Fsp3) is 0.190. The van der Waals surface area contributed by atoms with Crippen molar-refractivity contribution in [3.05, 3.63) is 65.7 Å². The molecule has 0 aliphatic carbocycles. The Labute approximate surface area is 151 Å². The van der Waals surface area contributed by atoms with Crippen molar-refractivity contribution in [1.82, 2.24) is 5.43 Å². The second-order valence-electron chi connectivity index (χ2n) is 6.24. The van der Waals surface area contributed by atoms with Crippen molar-refractivity contribution in [1.29, 1.82) is 0 Å². The molecule has 0 aromatic heterocycles. The van der Waals surface area contributed by atoms with Crippen molar-refractivity contribution in [2.45, 2.75) is 12.5 Å². The number of phenolic OH excluding ortho intramolecular Hbond substituents is 1. The molecule has 26 heavy (non-hydrogen) atoms. The number of hydrogen-bond donors (Lipinski definition) is 2. The van der Waals surface area contributed by atoms with Gasteiger partial charge in [0.25, 0.3) is 0 Å². The highest BCUT2D eigenvalue weighted by molar-refractivity contribution is 6.06. The van der Waals surface area contributed by atoms with Gasteiger partial charge in [0, 0.05) is 18.6 Å². The highest BCUT2D eigenvalue weighted by Crippen LogP contribution is 2.38. The predicted molar refractivity (Wildman–Crippen MR) is 102 cm³/mol. The molecule has 0 radical (unpaired) electrons. The largest absolute Gasteiger partial charge is 0.507 e. The topological polar surface area (TPSA) is 63.1 Å². The van der Waals surface area contributed by atoms with Gasteiger partial charge in [-0.15, -0.1) is 0 Å². The van der Waals surface area contributed by atoms with E-state index >= 15 is 0 Å². The van der Waals surface area contributed by atoms with Crippen LogP contribution in [-0.4, -0.2) is 25.0 Å². The molecule has 0 spiro atoms. The van der Waals surface area contributed by atoms with Crippen molar-refractivity contribution in [3.63, 3.8) is 0 Å². The Balaban J connectivity index is 1.69. The Bertz CT molecular complexity index is 992. The van der Waals surface area contributed by atoms with E-state index in [0.717, 1.165) is 5.71 Å². The van der Waals surface area contributed by atoms with Crippen molar-refractivity contribution in [2.75, 3.05) is 14.2 Å². The first-order chi connectivity index (χ1) is 12.7. The molecule has 4 rings (SSSR count). The van der Waals surface area contributed by atoms with Crippen LogP contribution in [0.3, 0.4) is 0 Å². The SMILES string of the molecule is COc1cc(O)c(C2=NNC(c3cccc4ccccc34)C2)c(OC)c1. The maximum absolute atomic E-state index is 10.5. The zero-order chi connectivity index (χ0) is 18.1. The molecule has 1 unspecified atom stereocenters. The first-order valence-electron chi connectivity index (χ1n) is 8.46. The maximum atomic E-state index is 10.5. The van der Waals surface area contributed by atoms with Gasteiger partial charge in [0.15, 0.2) is 0 Å². The molecular formula is C21H20N2O3. The number of hydrazone groups is 1. The molecule has 3 aromatic carbocycles. The number of fused-ring (bicyclic) bond motifs is 1. The summed E-state index contributed by atoms with van der Waals surface area (Å²) in [4.78, 5) is 0. The number of nitrogens with zero attached hydrogens (tertiary/aromatic N) is 1. The van der Waals surface area contributed by atoms with Crippen LogP contribution in [0.25, 0.3) is 10.8 Å². The summed E-state index contributed by atoms with van der Waals surface area (Å²) in [6.07, 6.45) is 0.657. The van der Waals surface area contributed by atoms with Crippen molar-refractivity contribution < 1.29 is 14.6 Å². The van der Waals surface area contributed by atoms with Crippen LogP contribution in [0.5, 0.6) is 17.2 Å². The normalized spacial score (nSPS) is 16.2.